The van der Waals surface area contributed by atoms with E-state index >= 15 is 0 Å². The predicted molar refractivity (Wildman–Crippen MR) is 51.9 cm³/mol. The first-order valence-electron chi connectivity index (χ1n) is 4.81. The minimum absolute atomic E-state index is 0.133. The van der Waals surface area contributed by atoms with E-state index in [1.807, 2.05) is 6.92 Å². The van der Waals surface area contributed by atoms with E-state index in [9.17, 15) is 4.79 Å². The van der Waals surface area contributed by atoms with Gasteiger partial charge >= 0.3 is 0 Å². The number of nitrogens with one attached hydrogen (secondary N) is 1. The Morgan fingerprint density at radius 1 is 1.62 bits per heavy atom. The molecule has 3 N–H and O–H groups in total. The van der Waals surface area contributed by atoms with Gasteiger partial charge in [0.15, 0.2) is 0 Å². The molecule has 1 unspecified atom stereocenters. The predicted octanol–water partition coefficient (Wildman–Crippen LogP) is 0.962. The van der Waals surface area contributed by atoms with Crippen LogP contribution in [0.15, 0.2) is 0 Å². The third kappa shape index (κ3) is 7.74. The van der Waals surface area contributed by atoms with Crippen LogP contribution in [0, 0.1) is 0 Å². The topological polar surface area (TPSA) is 64.3 Å². The van der Waals surface area contributed by atoms with Gasteiger partial charge in [0.25, 0.3) is 0 Å². The van der Waals surface area contributed by atoms with E-state index in [0.717, 1.165) is 25.9 Å². The van der Waals surface area contributed by atoms with Gasteiger partial charge in [-0.15, -0.1) is 0 Å². The Kier molecular flexibility index (Phi) is 7.63. The number of nitrogens with two attached hydrogens (primary N) is 1. The first-order valence-corrected chi connectivity index (χ1v) is 4.81. The molecule has 0 aliphatic rings. The van der Waals surface area contributed by atoms with Crippen LogP contribution in [0.4, 0.5) is 0 Å². The molecule has 0 radical (unpaired) electrons. The Balaban J connectivity index is 3.29. The fraction of sp³-hybridized carbons (Fsp3) is 0.889. The second-order valence-corrected chi connectivity index (χ2v) is 3.14. The molecule has 4 nitrogen and oxygen atoms in total. The third-order valence-corrected chi connectivity index (χ3v) is 1.84. The van der Waals surface area contributed by atoms with Crippen LogP contribution in [-0.2, 0) is 9.53 Å². The lowest BCUT2D eigenvalue weighted by molar-refractivity contribution is -0.121. The summed E-state index contributed by atoms with van der Waals surface area (Å²) in [6.45, 7) is 4.87. The highest BCUT2D eigenvalue weighted by Crippen LogP contribution is 2.02. The Morgan fingerprint density at radius 3 is 2.85 bits per heavy atom. The average Bonchev–Trinajstić information content (AvgIpc) is 2.14. The largest absolute Gasteiger partial charge is 0.378 e. The van der Waals surface area contributed by atoms with Crippen LogP contribution < -0.4 is 11.3 Å². The maximum absolute atomic E-state index is 10.8. The van der Waals surface area contributed by atoms with E-state index in [-0.39, 0.29) is 12.0 Å². The number of hydrazine groups is 1. The summed E-state index contributed by atoms with van der Waals surface area (Å²) >= 11 is 0. The lowest BCUT2D eigenvalue weighted by Crippen LogP contribution is -2.30. The standard InChI is InChI=1S/C9H20N2O2/c1-3-4-7-13-8(2)5-6-9(12)11-10/h8H,3-7,10H2,1-2H3,(H,11,12). The number of unbranched alkanes of at least 4 members (excludes halogenated alkanes) is 1. The molecule has 1 atom stereocenters. The fourth-order valence-corrected chi connectivity index (χ4v) is 0.919. The molecule has 0 aliphatic carbocycles. The molecule has 0 aromatic heterocycles. The van der Waals surface area contributed by atoms with E-state index in [1.54, 1.807) is 0 Å². The SMILES string of the molecule is CCCCOC(C)CCC(=O)NN. The number of rotatable bonds is 7. The number of ether oxygens (including phenoxy) is 1. The van der Waals surface area contributed by atoms with E-state index < -0.39 is 0 Å². The van der Waals surface area contributed by atoms with Crippen molar-refractivity contribution in [2.75, 3.05) is 6.61 Å². The Hall–Kier alpha value is -0.610. The smallest absolute Gasteiger partial charge is 0.233 e. The lowest BCUT2D eigenvalue weighted by Gasteiger charge is -2.11. The summed E-state index contributed by atoms with van der Waals surface area (Å²) in [6.07, 6.45) is 3.52. The molecule has 0 spiro atoms. The van der Waals surface area contributed by atoms with Gasteiger partial charge < -0.3 is 4.74 Å². The molecule has 78 valence electrons. The molecule has 0 rings (SSSR count). The zero-order valence-electron chi connectivity index (χ0n) is 8.51. The van der Waals surface area contributed by atoms with Gasteiger partial charge in [-0.1, -0.05) is 13.3 Å². The highest BCUT2D eigenvalue weighted by atomic mass is 16.5. The van der Waals surface area contributed by atoms with Crippen LogP contribution in [0.1, 0.15) is 39.5 Å². The van der Waals surface area contributed by atoms with E-state index in [4.69, 9.17) is 10.6 Å². The van der Waals surface area contributed by atoms with Crippen molar-refractivity contribution < 1.29 is 9.53 Å². The Labute approximate surface area is 79.8 Å². The molecular weight excluding hydrogens is 168 g/mol. The summed E-state index contributed by atoms with van der Waals surface area (Å²) in [6, 6.07) is 0. The van der Waals surface area contributed by atoms with E-state index in [0.29, 0.717) is 6.42 Å². The zero-order chi connectivity index (χ0) is 10.1. The van der Waals surface area contributed by atoms with Gasteiger partial charge in [-0.05, 0) is 19.8 Å². The fourth-order valence-electron chi connectivity index (χ4n) is 0.919. The minimum atomic E-state index is -0.133. The van der Waals surface area contributed by atoms with Crippen molar-refractivity contribution in [3.8, 4) is 0 Å². The van der Waals surface area contributed by atoms with Crippen LogP contribution >= 0.6 is 0 Å². The van der Waals surface area contributed by atoms with E-state index in [1.165, 1.54) is 0 Å². The monoisotopic (exact) mass is 188 g/mol. The molecule has 0 heterocycles. The van der Waals surface area contributed by atoms with Crippen molar-refractivity contribution in [1.29, 1.82) is 0 Å². The maximum Gasteiger partial charge on any atom is 0.233 e. The average molecular weight is 188 g/mol. The van der Waals surface area contributed by atoms with Gasteiger partial charge in [0.1, 0.15) is 0 Å². The van der Waals surface area contributed by atoms with Gasteiger partial charge in [-0.3, -0.25) is 10.2 Å². The lowest BCUT2D eigenvalue weighted by atomic mass is 10.2. The highest BCUT2D eigenvalue weighted by Gasteiger charge is 2.04. The summed E-state index contributed by atoms with van der Waals surface area (Å²) in [5, 5.41) is 0. The van der Waals surface area contributed by atoms with Crippen molar-refractivity contribution in [3.63, 3.8) is 0 Å². The summed E-state index contributed by atoms with van der Waals surface area (Å²) in [5.41, 5.74) is 2.09. The van der Waals surface area contributed by atoms with Crippen molar-refractivity contribution in [3.05, 3.63) is 0 Å². The number of hydrogen-bond acceptors (Lipinski definition) is 3. The molecule has 0 saturated carbocycles. The normalized spacial score (nSPS) is 12.5. The second-order valence-electron chi connectivity index (χ2n) is 3.14. The summed E-state index contributed by atoms with van der Waals surface area (Å²) in [7, 11) is 0. The molecule has 13 heavy (non-hydrogen) atoms. The number of carbonyl (C=O) groups is 1. The molecule has 0 bridgehead atoms. The van der Waals surface area contributed by atoms with Crippen LogP contribution in [0.3, 0.4) is 0 Å². The van der Waals surface area contributed by atoms with Crippen LogP contribution in [0.5, 0.6) is 0 Å². The molecular formula is C9H20N2O2. The summed E-state index contributed by atoms with van der Waals surface area (Å²) in [5.74, 6) is 4.81. The van der Waals surface area contributed by atoms with E-state index in [2.05, 4.69) is 12.3 Å². The first-order chi connectivity index (χ1) is 6.20. The van der Waals surface area contributed by atoms with Crippen molar-refractivity contribution in [2.45, 2.75) is 45.6 Å². The number of carbonyl (C=O) groups excluding carboxylic acids is 1. The Bertz CT molecular complexity index is 140. The summed E-state index contributed by atoms with van der Waals surface area (Å²) < 4.78 is 5.46. The van der Waals surface area contributed by atoms with Crippen molar-refractivity contribution >= 4 is 5.91 Å². The molecule has 0 aliphatic heterocycles. The minimum Gasteiger partial charge on any atom is -0.378 e. The van der Waals surface area contributed by atoms with Crippen LogP contribution in [0.25, 0.3) is 0 Å². The van der Waals surface area contributed by atoms with Gasteiger partial charge in [0, 0.05) is 13.0 Å². The van der Waals surface area contributed by atoms with Crippen LogP contribution in [-0.4, -0.2) is 18.6 Å². The summed E-state index contributed by atoms with van der Waals surface area (Å²) in [4.78, 5) is 10.8. The van der Waals surface area contributed by atoms with Gasteiger partial charge in [0.2, 0.25) is 5.91 Å². The molecule has 0 saturated heterocycles. The van der Waals surface area contributed by atoms with Gasteiger partial charge in [-0.25, -0.2) is 5.84 Å². The molecule has 0 fully saturated rings. The molecule has 0 aromatic rings. The molecule has 0 aromatic carbocycles. The second kappa shape index (κ2) is 8.01. The van der Waals surface area contributed by atoms with Crippen molar-refractivity contribution in [1.82, 2.24) is 5.43 Å². The first kappa shape index (κ1) is 12.4. The zero-order valence-corrected chi connectivity index (χ0v) is 8.51. The van der Waals surface area contributed by atoms with Crippen LogP contribution in [0.2, 0.25) is 0 Å². The Morgan fingerprint density at radius 2 is 2.31 bits per heavy atom. The number of hydrogen-bond donors (Lipinski definition) is 2. The van der Waals surface area contributed by atoms with Gasteiger partial charge in [-0.2, -0.15) is 0 Å². The third-order valence-electron chi connectivity index (χ3n) is 1.84. The number of amides is 1. The highest BCUT2D eigenvalue weighted by molar-refractivity contribution is 5.75. The quantitative estimate of drug-likeness (QED) is 0.271. The van der Waals surface area contributed by atoms with Gasteiger partial charge in [0.05, 0.1) is 6.10 Å². The maximum atomic E-state index is 10.8. The van der Waals surface area contributed by atoms with Crippen molar-refractivity contribution in [2.24, 2.45) is 5.84 Å². The molecule has 4 heteroatoms. The molecule has 1 amide bonds.